The molecule has 2 unspecified atom stereocenters. The summed E-state index contributed by atoms with van der Waals surface area (Å²) in [6, 6.07) is 13.3. The van der Waals surface area contributed by atoms with Crippen molar-refractivity contribution in [2.24, 2.45) is 5.92 Å². The summed E-state index contributed by atoms with van der Waals surface area (Å²) in [6.07, 6.45) is 4.06. The first-order valence-corrected chi connectivity index (χ1v) is 13.9. The van der Waals surface area contributed by atoms with Crippen LogP contribution in [0.15, 0.2) is 48.6 Å². The van der Waals surface area contributed by atoms with Gasteiger partial charge in [0.25, 0.3) is 0 Å². The lowest BCUT2D eigenvalue weighted by Gasteiger charge is -2.28. The minimum atomic E-state index is -0.449. The van der Waals surface area contributed by atoms with Crippen molar-refractivity contribution in [3.05, 3.63) is 65.2 Å². The maximum absolute atomic E-state index is 13.7. The first-order chi connectivity index (χ1) is 18.2. The number of fused-ring (bicyclic) bond motifs is 1. The fourth-order valence-electron chi connectivity index (χ4n) is 5.50. The standard InChI is InChI=1S/C31H40N4O3/c1-19-6-8-24(26-16-32-35(18-26)27-10-11-27)15-30(19)34(17-20(2)22(4)23(5)36)31(37)38-28-12-13-29-25(14-28)9-7-21(3)33-29/h6,8,12-15,20-21,26-27,32-33H,4,7,9-11,16-18H2,1-3,5H3/t20-,21?,26?/m0/s1. The minimum Gasteiger partial charge on any atom is -0.410 e. The van der Waals surface area contributed by atoms with Crippen LogP contribution in [0, 0.1) is 12.8 Å². The lowest BCUT2D eigenvalue weighted by molar-refractivity contribution is -0.114. The van der Waals surface area contributed by atoms with E-state index in [-0.39, 0.29) is 11.7 Å². The Kier molecular flexibility index (Phi) is 7.59. The third-order valence-electron chi connectivity index (χ3n) is 8.20. The molecule has 0 aromatic heterocycles. The number of nitrogens with one attached hydrogen (secondary N) is 2. The van der Waals surface area contributed by atoms with Crippen LogP contribution >= 0.6 is 0 Å². The van der Waals surface area contributed by atoms with Crippen LogP contribution in [-0.2, 0) is 11.2 Å². The van der Waals surface area contributed by atoms with Gasteiger partial charge >= 0.3 is 6.09 Å². The van der Waals surface area contributed by atoms with Crippen molar-refractivity contribution in [1.29, 1.82) is 0 Å². The van der Waals surface area contributed by atoms with Gasteiger partial charge in [-0.1, -0.05) is 25.6 Å². The van der Waals surface area contributed by atoms with Crippen LogP contribution in [0.4, 0.5) is 16.2 Å². The lowest BCUT2D eigenvalue weighted by atomic mass is 9.96. The van der Waals surface area contributed by atoms with E-state index in [1.54, 1.807) is 4.90 Å². The van der Waals surface area contributed by atoms with Gasteiger partial charge in [0.2, 0.25) is 0 Å². The molecule has 2 aromatic rings. The van der Waals surface area contributed by atoms with Crippen LogP contribution in [0.5, 0.6) is 5.75 Å². The molecule has 202 valence electrons. The van der Waals surface area contributed by atoms with Crippen molar-refractivity contribution in [2.45, 2.75) is 71.4 Å². The van der Waals surface area contributed by atoms with E-state index in [0.717, 1.165) is 48.4 Å². The maximum atomic E-state index is 13.7. The van der Waals surface area contributed by atoms with E-state index >= 15 is 0 Å². The lowest BCUT2D eigenvalue weighted by Crippen LogP contribution is -2.38. The van der Waals surface area contributed by atoms with E-state index in [0.29, 0.717) is 35.9 Å². The van der Waals surface area contributed by atoms with Gasteiger partial charge in [-0.15, -0.1) is 0 Å². The third-order valence-corrected chi connectivity index (χ3v) is 8.20. The van der Waals surface area contributed by atoms with Crippen molar-refractivity contribution in [1.82, 2.24) is 10.4 Å². The van der Waals surface area contributed by atoms with E-state index in [4.69, 9.17) is 4.74 Å². The molecule has 1 aliphatic carbocycles. The van der Waals surface area contributed by atoms with Gasteiger partial charge in [-0.2, -0.15) is 0 Å². The largest absolute Gasteiger partial charge is 0.419 e. The highest BCUT2D eigenvalue weighted by Gasteiger charge is 2.35. The molecular formula is C31H40N4O3. The van der Waals surface area contributed by atoms with Crippen LogP contribution in [0.1, 0.15) is 62.6 Å². The van der Waals surface area contributed by atoms with E-state index < -0.39 is 6.09 Å². The average Bonchev–Trinajstić information content (AvgIpc) is 3.63. The number of ether oxygens (including phenoxy) is 1. The Hall–Kier alpha value is -3.16. The summed E-state index contributed by atoms with van der Waals surface area (Å²) >= 11 is 0. The number of nitrogens with zero attached hydrogens (tertiary/aromatic N) is 2. The number of benzene rings is 2. The highest BCUT2D eigenvalue weighted by atomic mass is 16.6. The van der Waals surface area contributed by atoms with Crippen LogP contribution in [0.25, 0.3) is 0 Å². The molecule has 0 bridgehead atoms. The Bertz CT molecular complexity index is 1240. The van der Waals surface area contributed by atoms with E-state index in [2.05, 4.69) is 47.5 Å². The number of anilines is 2. The zero-order chi connectivity index (χ0) is 27.0. The highest BCUT2D eigenvalue weighted by molar-refractivity contribution is 5.94. The predicted molar refractivity (Wildman–Crippen MR) is 152 cm³/mol. The number of carbonyl (C=O) groups is 2. The topological polar surface area (TPSA) is 73.9 Å². The summed E-state index contributed by atoms with van der Waals surface area (Å²) < 4.78 is 5.97. The molecule has 1 amide bonds. The van der Waals surface area contributed by atoms with Crippen LogP contribution in [-0.4, -0.2) is 48.6 Å². The molecule has 3 aliphatic rings. The summed E-state index contributed by atoms with van der Waals surface area (Å²) in [6.45, 7) is 13.8. The fraction of sp³-hybridized carbons (Fsp3) is 0.484. The van der Waals surface area contributed by atoms with Crippen molar-refractivity contribution in [3.63, 3.8) is 0 Å². The average molecular weight is 517 g/mol. The molecule has 2 N–H and O–H groups in total. The van der Waals surface area contributed by atoms with Crippen molar-refractivity contribution >= 4 is 23.3 Å². The highest BCUT2D eigenvalue weighted by Crippen LogP contribution is 2.34. The molecule has 1 saturated carbocycles. The molecule has 1 saturated heterocycles. The first kappa shape index (κ1) is 26.4. The number of hydrogen-bond acceptors (Lipinski definition) is 6. The Morgan fingerprint density at radius 3 is 2.71 bits per heavy atom. The number of hydrogen-bond donors (Lipinski definition) is 2. The zero-order valence-electron chi connectivity index (χ0n) is 23.0. The number of Topliss-reactive ketones (excluding diaryl/α,β-unsaturated/α-hetero) is 1. The molecule has 5 rings (SSSR count). The van der Waals surface area contributed by atoms with Crippen LogP contribution in [0.2, 0.25) is 0 Å². The quantitative estimate of drug-likeness (QED) is 0.446. The van der Waals surface area contributed by atoms with Crippen molar-refractivity contribution in [3.8, 4) is 5.75 Å². The maximum Gasteiger partial charge on any atom is 0.419 e. The molecular weight excluding hydrogens is 476 g/mol. The molecule has 7 heteroatoms. The molecule has 2 aliphatic heterocycles. The van der Waals surface area contributed by atoms with Crippen molar-refractivity contribution < 1.29 is 14.3 Å². The number of rotatable bonds is 8. The number of carbonyl (C=O) groups excluding carboxylic acids is 2. The number of amides is 1. The minimum absolute atomic E-state index is 0.0649. The van der Waals surface area contributed by atoms with Gasteiger partial charge in [-0.3, -0.25) is 15.1 Å². The Morgan fingerprint density at radius 1 is 1.18 bits per heavy atom. The molecule has 2 fully saturated rings. The summed E-state index contributed by atoms with van der Waals surface area (Å²) in [5.41, 5.74) is 9.31. The molecule has 2 aromatic carbocycles. The normalized spacial score (nSPS) is 21.8. The van der Waals surface area contributed by atoms with Gasteiger partial charge in [0.1, 0.15) is 5.75 Å². The van der Waals surface area contributed by atoms with Crippen LogP contribution in [0.3, 0.4) is 0 Å². The van der Waals surface area contributed by atoms with E-state index in [1.165, 1.54) is 25.3 Å². The Balaban J connectivity index is 1.41. The van der Waals surface area contributed by atoms with Gasteiger partial charge in [0.05, 0.1) is 5.69 Å². The SMILES string of the molecule is C=C(C(C)=O)[C@@H](C)CN(C(=O)Oc1ccc2c(c1)CCC(C)N2)c1cc(C2CNN(C3CC3)C2)ccc1C. The summed E-state index contributed by atoms with van der Waals surface area (Å²) in [5, 5.41) is 5.85. The zero-order valence-corrected chi connectivity index (χ0v) is 23.0. The number of hydrazine groups is 1. The van der Waals surface area contributed by atoms with Gasteiger partial charge in [-0.05, 0) is 93.0 Å². The predicted octanol–water partition coefficient (Wildman–Crippen LogP) is 5.59. The summed E-state index contributed by atoms with van der Waals surface area (Å²) in [4.78, 5) is 27.5. The first-order valence-electron chi connectivity index (χ1n) is 13.9. The summed E-state index contributed by atoms with van der Waals surface area (Å²) in [5.74, 6) is 0.607. The third kappa shape index (κ3) is 5.79. The molecule has 2 heterocycles. The fourth-order valence-corrected chi connectivity index (χ4v) is 5.50. The van der Waals surface area contributed by atoms with E-state index in [1.807, 2.05) is 32.0 Å². The molecule has 0 spiro atoms. The second-order valence-corrected chi connectivity index (χ2v) is 11.4. The monoisotopic (exact) mass is 516 g/mol. The van der Waals surface area contributed by atoms with Crippen molar-refractivity contribution in [2.75, 3.05) is 29.9 Å². The molecule has 7 nitrogen and oxygen atoms in total. The van der Waals surface area contributed by atoms with Gasteiger partial charge in [-0.25, -0.2) is 9.80 Å². The Labute approximate surface area is 226 Å². The molecule has 3 atom stereocenters. The number of aryl methyl sites for hydroxylation is 2. The van der Waals surface area contributed by atoms with Gasteiger partial charge < -0.3 is 10.1 Å². The van der Waals surface area contributed by atoms with Gasteiger partial charge in [0.15, 0.2) is 5.78 Å². The smallest absolute Gasteiger partial charge is 0.410 e. The second-order valence-electron chi connectivity index (χ2n) is 11.4. The van der Waals surface area contributed by atoms with Gasteiger partial charge in [0, 0.05) is 49.2 Å². The summed E-state index contributed by atoms with van der Waals surface area (Å²) in [7, 11) is 0. The molecule has 0 radical (unpaired) electrons. The van der Waals surface area contributed by atoms with E-state index in [9.17, 15) is 9.59 Å². The Morgan fingerprint density at radius 2 is 1.97 bits per heavy atom. The molecule has 38 heavy (non-hydrogen) atoms. The number of ketones is 1. The second kappa shape index (κ2) is 10.9. The van der Waals surface area contributed by atoms with Crippen LogP contribution < -0.4 is 20.4 Å².